The summed E-state index contributed by atoms with van der Waals surface area (Å²) < 4.78 is 50.2. The number of aromatic nitrogens is 1. The molecule has 186 valence electrons. The van der Waals surface area contributed by atoms with E-state index >= 15 is 0 Å². The fourth-order valence-corrected chi connectivity index (χ4v) is 4.26. The van der Waals surface area contributed by atoms with Gasteiger partial charge in [0.05, 0.1) is 6.20 Å². The summed E-state index contributed by atoms with van der Waals surface area (Å²) in [4.78, 5) is 26.1. The number of alkyl halides is 3. The number of carboxylic acids is 1. The molecule has 34 heavy (non-hydrogen) atoms. The van der Waals surface area contributed by atoms with Crippen molar-refractivity contribution in [2.45, 2.75) is 50.7 Å². The van der Waals surface area contributed by atoms with Gasteiger partial charge >= 0.3 is 12.1 Å². The molecule has 0 unspecified atom stereocenters. The average molecular weight is 485 g/mol. The van der Waals surface area contributed by atoms with Gasteiger partial charge in [0, 0.05) is 36.7 Å². The van der Waals surface area contributed by atoms with Gasteiger partial charge in [-0.05, 0) is 69.5 Å². The first-order valence-electron chi connectivity index (χ1n) is 11.2. The first-order chi connectivity index (χ1) is 16.1. The van der Waals surface area contributed by atoms with Crippen molar-refractivity contribution in [3.63, 3.8) is 0 Å². The summed E-state index contributed by atoms with van der Waals surface area (Å²) in [6, 6.07) is 6.79. The molecule has 2 aliphatic heterocycles. The molecule has 1 aromatic heterocycles. The number of benzene rings is 1. The summed E-state index contributed by atoms with van der Waals surface area (Å²) in [7, 11) is 0. The fraction of sp³-hybridized carbons (Fsp3) is 0.522. The van der Waals surface area contributed by atoms with E-state index in [1.807, 2.05) is 4.90 Å². The van der Waals surface area contributed by atoms with Crippen molar-refractivity contribution in [3.8, 4) is 11.3 Å². The van der Waals surface area contributed by atoms with Gasteiger partial charge in [0.25, 0.3) is 0 Å². The Bertz CT molecular complexity index is 948. The Labute approximate surface area is 194 Å². The number of aliphatic carboxylic acids is 1. The molecule has 4 rings (SSSR count). The van der Waals surface area contributed by atoms with E-state index in [1.165, 1.54) is 38.1 Å². The zero-order valence-corrected chi connectivity index (χ0v) is 18.6. The van der Waals surface area contributed by atoms with E-state index in [0.29, 0.717) is 24.6 Å². The highest BCUT2D eigenvalue weighted by Gasteiger charge is 2.38. The Hall–Kier alpha value is -2.95. The van der Waals surface area contributed by atoms with Crippen molar-refractivity contribution in [2.24, 2.45) is 0 Å². The number of piperidine rings is 1. The van der Waals surface area contributed by atoms with E-state index in [1.54, 1.807) is 18.3 Å². The molecule has 3 heterocycles. The van der Waals surface area contributed by atoms with Crippen LogP contribution in [0.1, 0.15) is 37.7 Å². The number of amides is 1. The van der Waals surface area contributed by atoms with Crippen molar-refractivity contribution in [3.05, 3.63) is 41.8 Å². The summed E-state index contributed by atoms with van der Waals surface area (Å²) in [5.74, 6) is -2.23. The van der Waals surface area contributed by atoms with E-state index in [9.17, 15) is 22.4 Å². The number of nitrogens with zero attached hydrogens (tertiary/aromatic N) is 3. The number of carbonyl (C=O) groups excluding carboxylic acids is 1. The van der Waals surface area contributed by atoms with Crippen molar-refractivity contribution in [1.29, 1.82) is 0 Å². The van der Waals surface area contributed by atoms with Crippen LogP contribution in [0.25, 0.3) is 11.3 Å². The maximum Gasteiger partial charge on any atom is 0.490 e. The van der Waals surface area contributed by atoms with Crippen LogP contribution in [0, 0.1) is 5.82 Å². The Morgan fingerprint density at radius 3 is 2.21 bits per heavy atom. The van der Waals surface area contributed by atoms with E-state index in [0.717, 1.165) is 37.1 Å². The minimum Gasteiger partial charge on any atom is -0.475 e. The number of hydrogen-bond donors (Lipinski definition) is 1. The van der Waals surface area contributed by atoms with Gasteiger partial charge in [0.1, 0.15) is 5.82 Å². The van der Waals surface area contributed by atoms with Crippen LogP contribution in [0.2, 0.25) is 0 Å². The minimum absolute atomic E-state index is 0.195. The van der Waals surface area contributed by atoms with Crippen LogP contribution in [0.15, 0.2) is 35.0 Å². The van der Waals surface area contributed by atoms with Gasteiger partial charge in [-0.1, -0.05) is 5.16 Å². The maximum atomic E-state index is 13.1. The Kier molecular flexibility index (Phi) is 8.65. The Morgan fingerprint density at radius 1 is 1.06 bits per heavy atom. The lowest BCUT2D eigenvalue weighted by atomic mass is 10.0. The third kappa shape index (κ3) is 7.02. The topological polar surface area (TPSA) is 86.9 Å². The van der Waals surface area contributed by atoms with Crippen LogP contribution < -0.4 is 0 Å². The van der Waals surface area contributed by atoms with E-state index < -0.39 is 12.1 Å². The molecule has 11 heteroatoms. The normalized spacial score (nSPS) is 17.4. The highest BCUT2D eigenvalue weighted by atomic mass is 19.4. The van der Waals surface area contributed by atoms with Gasteiger partial charge in [-0.3, -0.25) is 4.79 Å². The summed E-state index contributed by atoms with van der Waals surface area (Å²) >= 11 is 0. The van der Waals surface area contributed by atoms with Crippen LogP contribution in [0.3, 0.4) is 0 Å². The monoisotopic (exact) mass is 485 g/mol. The lowest BCUT2D eigenvalue weighted by Crippen LogP contribution is -2.45. The summed E-state index contributed by atoms with van der Waals surface area (Å²) in [5, 5.41) is 11.0. The van der Waals surface area contributed by atoms with E-state index in [2.05, 4.69) is 10.1 Å². The van der Waals surface area contributed by atoms with Crippen LogP contribution in [-0.2, 0) is 16.0 Å². The van der Waals surface area contributed by atoms with Crippen molar-refractivity contribution < 1.29 is 36.8 Å². The van der Waals surface area contributed by atoms with Crippen LogP contribution >= 0.6 is 0 Å². The molecular weight excluding hydrogens is 458 g/mol. The van der Waals surface area contributed by atoms with Crippen molar-refractivity contribution >= 4 is 11.9 Å². The molecule has 7 nitrogen and oxygen atoms in total. The fourth-order valence-electron chi connectivity index (χ4n) is 4.26. The third-order valence-corrected chi connectivity index (χ3v) is 6.08. The summed E-state index contributed by atoms with van der Waals surface area (Å²) in [6.45, 7) is 4.15. The molecule has 0 saturated carbocycles. The number of rotatable bonds is 5. The highest BCUT2D eigenvalue weighted by Crippen LogP contribution is 2.26. The van der Waals surface area contributed by atoms with Crippen molar-refractivity contribution in [2.75, 3.05) is 26.2 Å². The van der Waals surface area contributed by atoms with Gasteiger partial charge in [0.15, 0.2) is 5.76 Å². The van der Waals surface area contributed by atoms with Crippen LogP contribution in [-0.4, -0.2) is 70.3 Å². The van der Waals surface area contributed by atoms with Crippen LogP contribution in [0.5, 0.6) is 0 Å². The van der Waals surface area contributed by atoms with Gasteiger partial charge in [-0.25, -0.2) is 9.18 Å². The summed E-state index contributed by atoms with van der Waals surface area (Å²) in [6.07, 6.45) is 2.40. The molecule has 1 amide bonds. The minimum atomic E-state index is -5.08. The van der Waals surface area contributed by atoms with Gasteiger partial charge in [-0.2, -0.15) is 13.2 Å². The number of carboxylic acid groups (broad SMARTS) is 1. The first kappa shape index (κ1) is 25.7. The van der Waals surface area contributed by atoms with Crippen LogP contribution in [0.4, 0.5) is 17.6 Å². The van der Waals surface area contributed by atoms with Gasteiger partial charge in [-0.15, -0.1) is 0 Å². The quantitative estimate of drug-likeness (QED) is 0.641. The van der Waals surface area contributed by atoms with Gasteiger partial charge in [0.2, 0.25) is 5.91 Å². The number of hydrogen-bond acceptors (Lipinski definition) is 5. The van der Waals surface area contributed by atoms with Crippen molar-refractivity contribution in [1.82, 2.24) is 15.0 Å². The third-order valence-electron chi connectivity index (χ3n) is 6.08. The van der Waals surface area contributed by atoms with E-state index in [4.69, 9.17) is 14.4 Å². The first-order valence-corrected chi connectivity index (χ1v) is 11.2. The second kappa shape index (κ2) is 11.5. The number of halogens is 4. The number of aryl methyl sites for hydroxylation is 1. The molecular formula is C23H27F4N3O4. The second-order valence-electron chi connectivity index (χ2n) is 8.34. The molecule has 2 aromatic rings. The average Bonchev–Trinajstić information content (AvgIpc) is 3.50. The van der Waals surface area contributed by atoms with E-state index in [-0.39, 0.29) is 11.7 Å². The molecule has 2 saturated heterocycles. The number of carbonyl (C=O) groups is 2. The standard InChI is InChI=1S/C21H26FN3O2.C2HF3O2/c22-18-6-3-16(4-7-18)21-17(15-23-27-21)5-8-20(26)25-13-9-19(10-14-25)24-11-1-2-12-24;3-2(4,5)1(6)7/h3-4,6-7,15,19H,1-2,5,8-14H2;(H,6,7). The molecule has 0 radical (unpaired) electrons. The molecule has 1 N–H and O–H groups in total. The predicted molar refractivity (Wildman–Crippen MR) is 114 cm³/mol. The molecule has 0 atom stereocenters. The maximum absolute atomic E-state index is 13.1. The lowest BCUT2D eigenvalue weighted by Gasteiger charge is -2.36. The molecule has 2 aliphatic rings. The Balaban J connectivity index is 0.000000406. The predicted octanol–water partition coefficient (Wildman–Crippen LogP) is 4.13. The summed E-state index contributed by atoms with van der Waals surface area (Å²) in [5.41, 5.74) is 1.67. The largest absolute Gasteiger partial charge is 0.490 e. The molecule has 2 fully saturated rings. The molecule has 1 aromatic carbocycles. The lowest BCUT2D eigenvalue weighted by molar-refractivity contribution is -0.192. The van der Waals surface area contributed by atoms with Gasteiger partial charge < -0.3 is 19.4 Å². The Morgan fingerprint density at radius 2 is 1.65 bits per heavy atom. The zero-order valence-electron chi connectivity index (χ0n) is 18.6. The molecule has 0 spiro atoms. The highest BCUT2D eigenvalue weighted by molar-refractivity contribution is 5.77. The molecule has 0 aliphatic carbocycles. The smallest absolute Gasteiger partial charge is 0.475 e. The zero-order chi connectivity index (χ0) is 24.7. The second-order valence-corrected chi connectivity index (χ2v) is 8.34. The molecule has 0 bridgehead atoms. The SMILES string of the molecule is O=C(CCc1cnoc1-c1ccc(F)cc1)N1CCC(N2CCCC2)CC1.O=C(O)C(F)(F)F. The number of likely N-dealkylation sites (tertiary alicyclic amines) is 2.